The summed E-state index contributed by atoms with van der Waals surface area (Å²) in [6.07, 6.45) is 10.2. The lowest BCUT2D eigenvalue weighted by Crippen LogP contribution is -2.57. The molecule has 0 aromatic heterocycles. The van der Waals surface area contributed by atoms with Crippen molar-refractivity contribution in [2.45, 2.75) is 70.3 Å². The molecular weight excluding hydrogens is 224 g/mol. The summed E-state index contributed by atoms with van der Waals surface area (Å²) in [6.45, 7) is 4.11. The van der Waals surface area contributed by atoms with Gasteiger partial charge in [-0.3, -0.25) is 4.79 Å². The number of nitrogens with zero attached hydrogens (tertiary/aromatic N) is 1. The second-order valence-corrected chi connectivity index (χ2v) is 6.24. The van der Waals surface area contributed by atoms with Gasteiger partial charge >= 0.3 is 0 Å². The van der Waals surface area contributed by atoms with E-state index < -0.39 is 5.54 Å². The standard InChI is InChI=1S/C15H28N2O/c1-2-6-13-7-11-17(12-8-13)14(18)15(16)9-4-3-5-10-15/h13H,2-12,16H2,1H3. The molecule has 0 spiro atoms. The van der Waals surface area contributed by atoms with Crippen molar-refractivity contribution in [3.63, 3.8) is 0 Å². The molecule has 1 aliphatic heterocycles. The molecule has 0 atom stereocenters. The highest BCUT2D eigenvalue weighted by Gasteiger charge is 2.39. The first-order chi connectivity index (χ1) is 8.65. The van der Waals surface area contributed by atoms with E-state index in [4.69, 9.17) is 5.73 Å². The van der Waals surface area contributed by atoms with Gasteiger partial charge in [-0.25, -0.2) is 0 Å². The Kier molecular flexibility index (Phi) is 4.66. The Balaban J connectivity index is 1.86. The topological polar surface area (TPSA) is 46.3 Å². The zero-order valence-electron chi connectivity index (χ0n) is 11.8. The number of rotatable bonds is 3. The van der Waals surface area contributed by atoms with Crippen LogP contribution in [0, 0.1) is 5.92 Å². The molecule has 1 amide bonds. The molecule has 2 N–H and O–H groups in total. The van der Waals surface area contributed by atoms with Gasteiger partial charge in [-0.1, -0.05) is 39.0 Å². The minimum atomic E-state index is -0.532. The fourth-order valence-corrected chi connectivity index (χ4v) is 3.54. The summed E-state index contributed by atoms with van der Waals surface area (Å²) in [7, 11) is 0. The third kappa shape index (κ3) is 3.05. The van der Waals surface area contributed by atoms with Gasteiger partial charge in [0.1, 0.15) is 0 Å². The van der Waals surface area contributed by atoms with Gasteiger partial charge in [-0.05, 0) is 31.6 Å². The first-order valence-electron chi connectivity index (χ1n) is 7.74. The Labute approximate surface area is 111 Å². The van der Waals surface area contributed by atoms with E-state index in [9.17, 15) is 4.79 Å². The molecule has 1 saturated heterocycles. The van der Waals surface area contributed by atoms with Crippen molar-refractivity contribution in [1.29, 1.82) is 0 Å². The Bertz CT molecular complexity index is 276. The number of piperidine rings is 1. The zero-order valence-corrected chi connectivity index (χ0v) is 11.8. The molecular formula is C15H28N2O. The molecule has 2 aliphatic rings. The van der Waals surface area contributed by atoms with Crippen molar-refractivity contribution in [3.8, 4) is 0 Å². The highest BCUT2D eigenvalue weighted by Crippen LogP contribution is 2.30. The maximum Gasteiger partial charge on any atom is 0.242 e. The average molecular weight is 252 g/mol. The fourth-order valence-electron chi connectivity index (χ4n) is 3.54. The minimum absolute atomic E-state index is 0.233. The third-order valence-electron chi connectivity index (χ3n) is 4.77. The van der Waals surface area contributed by atoms with Gasteiger partial charge in [0, 0.05) is 13.1 Å². The second-order valence-electron chi connectivity index (χ2n) is 6.24. The van der Waals surface area contributed by atoms with Gasteiger partial charge in [-0.2, -0.15) is 0 Å². The van der Waals surface area contributed by atoms with Crippen LogP contribution >= 0.6 is 0 Å². The van der Waals surface area contributed by atoms with E-state index in [0.29, 0.717) is 0 Å². The van der Waals surface area contributed by atoms with Gasteiger partial charge in [0.15, 0.2) is 0 Å². The molecule has 3 heteroatoms. The van der Waals surface area contributed by atoms with E-state index in [0.717, 1.165) is 44.7 Å². The van der Waals surface area contributed by atoms with Crippen molar-refractivity contribution in [1.82, 2.24) is 4.90 Å². The van der Waals surface area contributed by atoms with Gasteiger partial charge in [-0.15, -0.1) is 0 Å². The first-order valence-corrected chi connectivity index (χ1v) is 7.74. The number of likely N-dealkylation sites (tertiary alicyclic amines) is 1. The second kappa shape index (κ2) is 6.05. The molecule has 2 rings (SSSR count). The van der Waals surface area contributed by atoms with E-state index in [1.807, 2.05) is 4.90 Å². The Morgan fingerprint density at radius 1 is 1.22 bits per heavy atom. The smallest absolute Gasteiger partial charge is 0.242 e. The predicted molar refractivity (Wildman–Crippen MR) is 74.2 cm³/mol. The maximum atomic E-state index is 12.5. The Hall–Kier alpha value is -0.570. The first kappa shape index (κ1) is 13.9. The van der Waals surface area contributed by atoms with Crippen molar-refractivity contribution in [2.24, 2.45) is 11.7 Å². The van der Waals surface area contributed by atoms with Crippen LogP contribution in [0.15, 0.2) is 0 Å². The average Bonchev–Trinajstić information content (AvgIpc) is 2.40. The summed E-state index contributed by atoms with van der Waals surface area (Å²) >= 11 is 0. The van der Waals surface area contributed by atoms with E-state index in [1.165, 1.54) is 32.1 Å². The molecule has 0 aromatic rings. The summed E-state index contributed by atoms with van der Waals surface area (Å²) in [5, 5.41) is 0. The molecule has 104 valence electrons. The maximum absolute atomic E-state index is 12.5. The predicted octanol–water partition coefficient (Wildman–Crippen LogP) is 2.69. The van der Waals surface area contributed by atoms with Crippen LogP contribution in [-0.2, 0) is 4.79 Å². The molecule has 1 saturated carbocycles. The SMILES string of the molecule is CCCC1CCN(C(=O)C2(N)CCCCC2)CC1. The molecule has 1 heterocycles. The number of amides is 1. The highest BCUT2D eigenvalue weighted by atomic mass is 16.2. The normalized spacial score (nSPS) is 25.1. The molecule has 3 nitrogen and oxygen atoms in total. The number of hydrogen-bond donors (Lipinski definition) is 1. The summed E-state index contributed by atoms with van der Waals surface area (Å²) < 4.78 is 0. The Morgan fingerprint density at radius 3 is 2.39 bits per heavy atom. The molecule has 0 unspecified atom stereocenters. The number of carbonyl (C=O) groups is 1. The van der Waals surface area contributed by atoms with Crippen molar-refractivity contribution in [2.75, 3.05) is 13.1 Å². The van der Waals surface area contributed by atoms with E-state index in [2.05, 4.69) is 6.92 Å². The number of carbonyl (C=O) groups excluding carboxylic acids is 1. The summed E-state index contributed by atoms with van der Waals surface area (Å²) in [6, 6.07) is 0. The lowest BCUT2D eigenvalue weighted by atomic mass is 9.80. The summed E-state index contributed by atoms with van der Waals surface area (Å²) in [5.74, 6) is 1.07. The van der Waals surface area contributed by atoms with Crippen LogP contribution in [-0.4, -0.2) is 29.4 Å². The van der Waals surface area contributed by atoms with Gasteiger partial charge < -0.3 is 10.6 Å². The zero-order chi connectivity index (χ0) is 13.0. The molecule has 0 aromatic carbocycles. The lowest BCUT2D eigenvalue weighted by Gasteiger charge is -2.40. The lowest BCUT2D eigenvalue weighted by molar-refractivity contribution is -0.139. The van der Waals surface area contributed by atoms with Crippen LogP contribution in [0.3, 0.4) is 0 Å². The van der Waals surface area contributed by atoms with E-state index in [1.54, 1.807) is 0 Å². The summed E-state index contributed by atoms with van der Waals surface area (Å²) in [5.41, 5.74) is 5.80. The van der Waals surface area contributed by atoms with Crippen molar-refractivity contribution < 1.29 is 4.79 Å². The quantitative estimate of drug-likeness (QED) is 0.839. The molecule has 0 radical (unpaired) electrons. The van der Waals surface area contributed by atoms with Crippen LogP contribution in [0.2, 0.25) is 0 Å². The molecule has 2 fully saturated rings. The number of hydrogen-bond acceptors (Lipinski definition) is 2. The van der Waals surface area contributed by atoms with Crippen LogP contribution < -0.4 is 5.73 Å². The molecule has 18 heavy (non-hydrogen) atoms. The largest absolute Gasteiger partial charge is 0.341 e. The molecule has 0 bridgehead atoms. The van der Waals surface area contributed by atoms with Crippen LogP contribution in [0.4, 0.5) is 0 Å². The van der Waals surface area contributed by atoms with Gasteiger partial charge in [0.25, 0.3) is 0 Å². The number of nitrogens with two attached hydrogens (primary N) is 1. The van der Waals surface area contributed by atoms with E-state index >= 15 is 0 Å². The monoisotopic (exact) mass is 252 g/mol. The van der Waals surface area contributed by atoms with Crippen molar-refractivity contribution in [3.05, 3.63) is 0 Å². The van der Waals surface area contributed by atoms with Crippen LogP contribution in [0.5, 0.6) is 0 Å². The van der Waals surface area contributed by atoms with Gasteiger partial charge in [0.2, 0.25) is 5.91 Å². The van der Waals surface area contributed by atoms with Crippen molar-refractivity contribution >= 4 is 5.91 Å². The minimum Gasteiger partial charge on any atom is -0.341 e. The summed E-state index contributed by atoms with van der Waals surface area (Å²) in [4.78, 5) is 14.6. The molecule has 1 aliphatic carbocycles. The Morgan fingerprint density at radius 2 is 1.83 bits per heavy atom. The third-order valence-corrected chi connectivity index (χ3v) is 4.77. The van der Waals surface area contributed by atoms with E-state index in [-0.39, 0.29) is 5.91 Å². The van der Waals surface area contributed by atoms with Crippen LogP contribution in [0.25, 0.3) is 0 Å². The fraction of sp³-hybridized carbons (Fsp3) is 0.933. The van der Waals surface area contributed by atoms with Crippen LogP contribution in [0.1, 0.15) is 64.7 Å². The highest BCUT2D eigenvalue weighted by molar-refractivity contribution is 5.86. The van der Waals surface area contributed by atoms with Gasteiger partial charge in [0.05, 0.1) is 5.54 Å².